The molecule has 1 atom stereocenters. The van der Waals surface area contributed by atoms with Crippen LogP contribution in [0, 0.1) is 12.8 Å². The number of amides is 1. The number of piperidine rings is 1. The van der Waals surface area contributed by atoms with Gasteiger partial charge in [-0.3, -0.25) is 9.59 Å². The monoisotopic (exact) mass is 342 g/mol. The molecule has 0 N–H and O–H groups in total. The molecule has 1 fully saturated rings. The molecule has 4 heterocycles. The van der Waals surface area contributed by atoms with Crippen LogP contribution >= 0.6 is 0 Å². The van der Waals surface area contributed by atoms with Crippen LogP contribution in [0.25, 0.3) is 22.0 Å². The van der Waals surface area contributed by atoms with Crippen molar-refractivity contribution in [2.45, 2.75) is 33.2 Å². The summed E-state index contributed by atoms with van der Waals surface area (Å²) in [4.78, 5) is 27.2. The Morgan fingerprint density at radius 1 is 1.44 bits per heavy atom. The molecule has 1 aliphatic rings. The Morgan fingerprint density at radius 3 is 3.00 bits per heavy atom. The predicted molar refractivity (Wildman–Crippen MR) is 94.5 cm³/mol. The van der Waals surface area contributed by atoms with Crippen LogP contribution in [0.1, 0.15) is 25.5 Å². The van der Waals surface area contributed by atoms with E-state index in [0.717, 1.165) is 37.2 Å². The molecule has 3 aromatic heterocycles. The first-order chi connectivity index (χ1) is 12.0. The highest BCUT2D eigenvalue weighted by Crippen LogP contribution is 2.28. The topological polar surface area (TPSA) is 73.3 Å². The molecule has 4 rings (SSSR count). The lowest BCUT2D eigenvalue weighted by Gasteiger charge is -2.30. The molecule has 0 spiro atoms. The van der Waals surface area contributed by atoms with Gasteiger partial charge in [-0.15, -0.1) is 0 Å². The van der Waals surface area contributed by atoms with E-state index in [1.807, 2.05) is 29.5 Å². The first-order valence-electron chi connectivity index (χ1n) is 8.68. The lowest BCUT2D eigenvalue weighted by Crippen LogP contribution is -2.42. The van der Waals surface area contributed by atoms with E-state index < -0.39 is 0 Å². The molecule has 0 aromatic carbocycles. The van der Waals surface area contributed by atoms with Crippen molar-refractivity contribution >= 4 is 27.9 Å². The Balaban J connectivity index is 1.71. The number of aryl methyl sites for hydroxylation is 2. The molecule has 0 radical (unpaired) electrons. The minimum atomic E-state index is -0.262. The Hall–Kier alpha value is -2.57. The summed E-state index contributed by atoms with van der Waals surface area (Å²) in [5, 5.41) is 4.90. The van der Waals surface area contributed by atoms with Gasteiger partial charge in [-0.1, -0.05) is 6.92 Å². The molecule has 132 valence electrons. The van der Waals surface area contributed by atoms with Gasteiger partial charge in [0, 0.05) is 26.2 Å². The third kappa shape index (κ3) is 2.54. The molecule has 7 heteroatoms. The molecule has 1 unspecified atom stereocenters. The summed E-state index contributed by atoms with van der Waals surface area (Å²) in [5.74, 6) is 1.25. The van der Waals surface area contributed by atoms with Crippen molar-refractivity contribution < 1.29 is 9.21 Å². The first kappa shape index (κ1) is 15.9. The maximum atomic E-state index is 12.9. The smallest absolute Gasteiger partial charge is 0.291 e. The number of carbonyl (C=O) groups is 1. The van der Waals surface area contributed by atoms with Crippen LogP contribution in [-0.2, 0) is 18.4 Å². The number of likely N-dealkylation sites (tertiary alicyclic amines) is 1. The molecule has 1 amide bonds. The van der Waals surface area contributed by atoms with Gasteiger partial charge in [0.2, 0.25) is 5.91 Å². The van der Waals surface area contributed by atoms with E-state index in [4.69, 9.17) is 4.42 Å². The van der Waals surface area contributed by atoms with E-state index in [1.54, 1.807) is 6.20 Å². The van der Waals surface area contributed by atoms with Gasteiger partial charge in [-0.05, 0) is 25.7 Å². The quantitative estimate of drug-likeness (QED) is 0.714. The van der Waals surface area contributed by atoms with Gasteiger partial charge in [-0.25, -0.2) is 4.68 Å². The fraction of sp³-hybridized carbons (Fsp3) is 0.500. The fourth-order valence-electron chi connectivity index (χ4n) is 3.79. The SMILES string of the molecule is Cc1cc2c(o1)c1cnn(CC(=O)N3CCCC(C)C3)c(=O)c1n2C. The second-order valence-corrected chi connectivity index (χ2v) is 7.09. The molecule has 25 heavy (non-hydrogen) atoms. The Bertz CT molecular complexity index is 1030. The van der Waals surface area contributed by atoms with Gasteiger partial charge >= 0.3 is 0 Å². The van der Waals surface area contributed by atoms with Crippen LogP contribution in [-0.4, -0.2) is 38.2 Å². The van der Waals surface area contributed by atoms with Gasteiger partial charge in [0.1, 0.15) is 17.8 Å². The summed E-state index contributed by atoms with van der Waals surface area (Å²) in [7, 11) is 1.83. The average Bonchev–Trinajstić information content (AvgIpc) is 3.07. The summed E-state index contributed by atoms with van der Waals surface area (Å²) >= 11 is 0. The number of nitrogens with zero attached hydrogens (tertiary/aromatic N) is 4. The average molecular weight is 342 g/mol. The molecule has 0 bridgehead atoms. The lowest BCUT2D eigenvalue weighted by atomic mass is 10.0. The normalized spacial score (nSPS) is 18.4. The zero-order chi connectivity index (χ0) is 17.7. The van der Waals surface area contributed by atoms with Crippen molar-refractivity contribution in [1.29, 1.82) is 0 Å². The summed E-state index contributed by atoms with van der Waals surface area (Å²) in [6.07, 6.45) is 3.78. The number of hydrogen-bond donors (Lipinski definition) is 0. The van der Waals surface area contributed by atoms with Crippen molar-refractivity contribution in [3.8, 4) is 0 Å². The standard InChI is InChI=1S/C18H22N4O3/c1-11-5-4-6-21(9-11)15(23)10-22-18(24)16-13(8-19-22)17-14(20(16)3)7-12(2)25-17/h7-8,11H,4-6,9-10H2,1-3H3. The second kappa shape index (κ2) is 5.75. The van der Waals surface area contributed by atoms with E-state index in [2.05, 4.69) is 12.0 Å². The first-order valence-corrected chi connectivity index (χ1v) is 8.68. The Labute approximate surface area is 144 Å². The predicted octanol–water partition coefficient (Wildman–Crippen LogP) is 2.05. The third-order valence-corrected chi connectivity index (χ3v) is 5.09. The zero-order valence-corrected chi connectivity index (χ0v) is 14.8. The fourth-order valence-corrected chi connectivity index (χ4v) is 3.79. The Kier molecular flexibility index (Phi) is 3.67. The van der Waals surface area contributed by atoms with E-state index in [1.165, 1.54) is 4.68 Å². The number of fused-ring (bicyclic) bond motifs is 3. The van der Waals surface area contributed by atoms with E-state index in [0.29, 0.717) is 22.4 Å². The van der Waals surface area contributed by atoms with E-state index >= 15 is 0 Å². The van der Waals surface area contributed by atoms with E-state index in [-0.39, 0.29) is 18.0 Å². The van der Waals surface area contributed by atoms with E-state index in [9.17, 15) is 9.59 Å². The number of aromatic nitrogens is 3. The van der Waals surface area contributed by atoms with Crippen LogP contribution in [0.3, 0.4) is 0 Å². The second-order valence-electron chi connectivity index (χ2n) is 7.09. The Morgan fingerprint density at radius 2 is 2.24 bits per heavy atom. The van der Waals surface area contributed by atoms with Crippen molar-refractivity contribution in [2.24, 2.45) is 13.0 Å². The molecular weight excluding hydrogens is 320 g/mol. The summed E-state index contributed by atoms with van der Waals surface area (Å²) in [6.45, 7) is 5.52. The highest BCUT2D eigenvalue weighted by atomic mass is 16.3. The van der Waals surface area contributed by atoms with Crippen LogP contribution < -0.4 is 5.56 Å². The molecule has 0 aliphatic carbocycles. The molecule has 7 nitrogen and oxygen atoms in total. The number of furan rings is 1. The maximum absolute atomic E-state index is 12.9. The maximum Gasteiger partial charge on any atom is 0.291 e. The number of carbonyl (C=O) groups excluding carboxylic acids is 1. The highest BCUT2D eigenvalue weighted by Gasteiger charge is 2.23. The summed E-state index contributed by atoms with van der Waals surface area (Å²) < 4.78 is 8.77. The summed E-state index contributed by atoms with van der Waals surface area (Å²) in [6, 6.07) is 1.90. The minimum absolute atomic E-state index is 0.0208. The van der Waals surface area contributed by atoms with Crippen LogP contribution in [0.5, 0.6) is 0 Å². The van der Waals surface area contributed by atoms with Gasteiger partial charge in [0.15, 0.2) is 5.58 Å². The van der Waals surface area contributed by atoms with Crippen molar-refractivity contribution in [1.82, 2.24) is 19.2 Å². The lowest BCUT2D eigenvalue weighted by molar-refractivity contribution is -0.133. The van der Waals surface area contributed by atoms with Gasteiger partial charge in [0.25, 0.3) is 5.56 Å². The molecule has 1 saturated heterocycles. The van der Waals surface area contributed by atoms with Gasteiger partial charge in [0.05, 0.1) is 17.1 Å². The summed E-state index contributed by atoms with van der Waals surface area (Å²) in [5.41, 5.74) is 1.79. The van der Waals surface area contributed by atoms with Crippen LogP contribution in [0.2, 0.25) is 0 Å². The zero-order valence-electron chi connectivity index (χ0n) is 14.8. The largest absolute Gasteiger partial charge is 0.459 e. The van der Waals surface area contributed by atoms with Gasteiger partial charge < -0.3 is 13.9 Å². The van der Waals surface area contributed by atoms with Gasteiger partial charge in [-0.2, -0.15) is 5.10 Å². The molecule has 0 saturated carbocycles. The van der Waals surface area contributed by atoms with Crippen molar-refractivity contribution in [3.05, 3.63) is 28.4 Å². The van der Waals surface area contributed by atoms with Crippen LogP contribution in [0.15, 0.2) is 21.5 Å². The molecular formula is C18H22N4O3. The van der Waals surface area contributed by atoms with Crippen molar-refractivity contribution in [3.63, 3.8) is 0 Å². The number of rotatable bonds is 2. The minimum Gasteiger partial charge on any atom is -0.459 e. The van der Waals surface area contributed by atoms with Crippen molar-refractivity contribution in [2.75, 3.05) is 13.1 Å². The molecule has 3 aromatic rings. The number of hydrogen-bond acceptors (Lipinski definition) is 4. The highest BCUT2D eigenvalue weighted by molar-refractivity contribution is 6.04. The molecule has 1 aliphatic heterocycles. The van der Waals surface area contributed by atoms with Crippen LogP contribution in [0.4, 0.5) is 0 Å². The third-order valence-electron chi connectivity index (χ3n) is 5.09.